The van der Waals surface area contributed by atoms with E-state index < -0.39 is 6.29 Å². The predicted molar refractivity (Wildman–Crippen MR) is 72.0 cm³/mol. The average Bonchev–Trinajstić information content (AvgIpc) is 2.29. The molecule has 1 aromatic carbocycles. The first-order valence-electron chi connectivity index (χ1n) is 5.32. The number of anilines is 1. The van der Waals surface area contributed by atoms with Gasteiger partial charge < -0.3 is 4.90 Å². The van der Waals surface area contributed by atoms with Crippen LogP contribution in [-0.4, -0.2) is 31.1 Å². The van der Waals surface area contributed by atoms with Crippen LogP contribution in [0.25, 0.3) is 0 Å². The summed E-state index contributed by atoms with van der Waals surface area (Å²) in [5.74, 6) is 0.773. The standard InChI is InChI=1S/C12H15ClN4/c1-16(2)11-8-10(13)17(12(14)15-11)9-6-4-3-5-7-9/h3-8,12H,14H2,1-2H3. The molecular formula is C12H15ClN4. The van der Waals surface area contributed by atoms with Gasteiger partial charge in [-0.05, 0) is 12.1 Å². The number of benzene rings is 1. The number of hydrogen-bond donors (Lipinski definition) is 1. The van der Waals surface area contributed by atoms with Crippen molar-refractivity contribution in [3.63, 3.8) is 0 Å². The highest BCUT2D eigenvalue weighted by Crippen LogP contribution is 2.25. The minimum Gasteiger partial charge on any atom is -0.363 e. The molecule has 1 aliphatic heterocycles. The quantitative estimate of drug-likeness (QED) is 0.773. The van der Waals surface area contributed by atoms with Crippen LogP contribution in [0.15, 0.2) is 46.6 Å². The van der Waals surface area contributed by atoms with Gasteiger partial charge in [0.25, 0.3) is 0 Å². The van der Waals surface area contributed by atoms with Crippen molar-refractivity contribution in [3.8, 4) is 0 Å². The largest absolute Gasteiger partial charge is 0.363 e. The lowest BCUT2D eigenvalue weighted by molar-refractivity contribution is 0.595. The van der Waals surface area contributed by atoms with Crippen LogP contribution in [0.2, 0.25) is 0 Å². The van der Waals surface area contributed by atoms with Crippen LogP contribution < -0.4 is 10.6 Å². The first-order valence-corrected chi connectivity index (χ1v) is 5.69. The third-order valence-corrected chi connectivity index (χ3v) is 2.79. The van der Waals surface area contributed by atoms with Crippen molar-refractivity contribution < 1.29 is 0 Å². The molecule has 1 atom stereocenters. The van der Waals surface area contributed by atoms with Gasteiger partial charge in [0.1, 0.15) is 11.0 Å². The monoisotopic (exact) mass is 250 g/mol. The zero-order valence-corrected chi connectivity index (χ0v) is 10.6. The van der Waals surface area contributed by atoms with Crippen molar-refractivity contribution in [3.05, 3.63) is 41.6 Å². The van der Waals surface area contributed by atoms with E-state index in [0.29, 0.717) is 5.16 Å². The number of rotatable bonds is 1. The van der Waals surface area contributed by atoms with Gasteiger partial charge in [-0.1, -0.05) is 29.8 Å². The van der Waals surface area contributed by atoms with E-state index in [9.17, 15) is 0 Å². The van der Waals surface area contributed by atoms with Crippen LogP contribution >= 0.6 is 11.6 Å². The highest BCUT2D eigenvalue weighted by Gasteiger charge is 2.22. The van der Waals surface area contributed by atoms with Gasteiger partial charge in [-0.15, -0.1) is 0 Å². The fourth-order valence-corrected chi connectivity index (χ4v) is 1.94. The fraction of sp³-hybridized carbons (Fsp3) is 0.250. The SMILES string of the molecule is CN(C)C1=NC(N)N(c2ccccc2)C(Cl)=C1. The molecule has 0 saturated carbocycles. The highest BCUT2D eigenvalue weighted by atomic mass is 35.5. The molecule has 0 bridgehead atoms. The van der Waals surface area contributed by atoms with Crippen LogP contribution in [0.1, 0.15) is 0 Å². The van der Waals surface area contributed by atoms with E-state index in [-0.39, 0.29) is 0 Å². The van der Waals surface area contributed by atoms with E-state index in [1.807, 2.05) is 49.3 Å². The number of aliphatic imine (C=N–C) groups is 1. The second-order valence-corrected chi connectivity index (χ2v) is 4.36. The first kappa shape index (κ1) is 12.0. The van der Waals surface area contributed by atoms with Gasteiger partial charge in [-0.25, -0.2) is 4.99 Å². The molecule has 0 saturated heterocycles. The van der Waals surface area contributed by atoms with Gasteiger partial charge in [0.2, 0.25) is 0 Å². The third-order valence-electron chi connectivity index (χ3n) is 2.50. The Morgan fingerprint density at radius 3 is 2.47 bits per heavy atom. The number of nitrogens with two attached hydrogens (primary N) is 1. The van der Waals surface area contributed by atoms with Crippen molar-refractivity contribution in [1.29, 1.82) is 0 Å². The van der Waals surface area contributed by atoms with Crippen LogP contribution in [0.3, 0.4) is 0 Å². The van der Waals surface area contributed by atoms with Gasteiger partial charge in [-0.3, -0.25) is 10.6 Å². The van der Waals surface area contributed by atoms with Crippen LogP contribution in [0, 0.1) is 0 Å². The Labute approximate surface area is 106 Å². The van der Waals surface area contributed by atoms with Gasteiger partial charge in [0.15, 0.2) is 6.29 Å². The number of amidine groups is 1. The molecule has 0 aromatic heterocycles. The molecule has 1 aliphatic rings. The lowest BCUT2D eigenvalue weighted by Gasteiger charge is -2.32. The second kappa shape index (κ2) is 4.77. The Balaban J connectivity index is 2.32. The van der Waals surface area contributed by atoms with E-state index in [2.05, 4.69) is 4.99 Å². The molecule has 0 spiro atoms. The Morgan fingerprint density at radius 1 is 1.29 bits per heavy atom. The molecule has 0 amide bonds. The molecule has 1 heterocycles. The molecule has 2 rings (SSSR count). The van der Waals surface area contributed by atoms with E-state index in [0.717, 1.165) is 11.5 Å². The summed E-state index contributed by atoms with van der Waals surface area (Å²) in [6, 6.07) is 9.73. The molecule has 0 radical (unpaired) electrons. The minimum atomic E-state index is -0.493. The van der Waals surface area contributed by atoms with Gasteiger partial charge in [0.05, 0.1) is 0 Å². The summed E-state index contributed by atoms with van der Waals surface area (Å²) in [5, 5.41) is 0.572. The van der Waals surface area contributed by atoms with Crippen molar-refractivity contribution in [2.24, 2.45) is 10.7 Å². The normalized spacial score (nSPS) is 19.8. The zero-order valence-electron chi connectivity index (χ0n) is 9.84. The summed E-state index contributed by atoms with van der Waals surface area (Å²) in [5.41, 5.74) is 6.95. The molecule has 4 nitrogen and oxygen atoms in total. The lowest BCUT2D eigenvalue weighted by atomic mass is 10.3. The second-order valence-electron chi connectivity index (χ2n) is 3.97. The smallest absolute Gasteiger partial charge is 0.180 e. The van der Waals surface area contributed by atoms with Crippen LogP contribution in [0.4, 0.5) is 5.69 Å². The molecule has 0 aliphatic carbocycles. The zero-order chi connectivity index (χ0) is 12.4. The van der Waals surface area contributed by atoms with Crippen LogP contribution in [-0.2, 0) is 0 Å². The number of hydrogen-bond acceptors (Lipinski definition) is 4. The molecule has 0 fully saturated rings. The third kappa shape index (κ3) is 2.43. The van der Waals surface area contributed by atoms with Crippen molar-refractivity contribution in [2.75, 3.05) is 19.0 Å². The molecule has 1 aromatic rings. The number of halogens is 1. The number of nitrogens with zero attached hydrogens (tertiary/aromatic N) is 3. The maximum Gasteiger partial charge on any atom is 0.180 e. The highest BCUT2D eigenvalue weighted by molar-refractivity contribution is 6.33. The Kier molecular flexibility index (Phi) is 3.36. The van der Waals surface area contributed by atoms with E-state index in [1.165, 1.54) is 0 Å². The van der Waals surface area contributed by atoms with Crippen molar-refractivity contribution >= 4 is 23.1 Å². The van der Waals surface area contributed by atoms with Crippen molar-refractivity contribution in [1.82, 2.24) is 4.90 Å². The number of para-hydroxylation sites is 1. The Hall–Kier alpha value is -1.52. The Bertz CT molecular complexity index is 453. The molecule has 90 valence electrons. The fourth-order valence-electron chi connectivity index (χ4n) is 1.64. The van der Waals surface area contributed by atoms with Crippen LogP contribution in [0.5, 0.6) is 0 Å². The lowest BCUT2D eigenvalue weighted by Crippen LogP contribution is -2.44. The Morgan fingerprint density at radius 2 is 1.94 bits per heavy atom. The van der Waals surface area contributed by atoms with E-state index >= 15 is 0 Å². The van der Waals surface area contributed by atoms with Crippen molar-refractivity contribution in [2.45, 2.75) is 6.29 Å². The summed E-state index contributed by atoms with van der Waals surface area (Å²) in [7, 11) is 3.81. The summed E-state index contributed by atoms with van der Waals surface area (Å²) in [6.07, 6.45) is 1.31. The number of likely N-dealkylation sites (N-methyl/N-ethyl adjacent to an activating group) is 1. The molecule has 1 unspecified atom stereocenters. The minimum absolute atomic E-state index is 0.493. The average molecular weight is 251 g/mol. The summed E-state index contributed by atoms with van der Waals surface area (Å²) in [4.78, 5) is 8.04. The maximum absolute atomic E-state index is 6.25. The molecule has 5 heteroatoms. The van der Waals surface area contributed by atoms with E-state index in [1.54, 1.807) is 11.0 Å². The molecule has 17 heavy (non-hydrogen) atoms. The predicted octanol–water partition coefficient (Wildman–Crippen LogP) is 1.79. The van der Waals surface area contributed by atoms with Gasteiger partial charge in [-0.2, -0.15) is 0 Å². The molecular weight excluding hydrogens is 236 g/mol. The summed E-state index contributed by atoms with van der Waals surface area (Å²) in [6.45, 7) is 0. The van der Waals surface area contributed by atoms with E-state index in [4.69, 9.17) is 17.3 Å². The first-order chi connectivity index (χ1) is 8.09. The van der Waals surface area contributed by atoms with Gasteiger partial charge in [0, 0.05) is 25.9 Å². The summed E-state index contributed by atoms with van der Waals surface area (Å²) >= 11 is 6.25. The topological polar surface area (TPSA) is 44.9 Å². The van der Waals surface area contributed by atoms with Gasteiger partial charge >= 0.3 is 0 Å². The summed E-state index contributed by atoms with van der Waals surface area (Å²) < 4.78 is 0. The molecule has 2 N–H and O–H groups in total. The maximum atomic E-state index is 6.25.